The molecule has 0 aliphatic rings. The molecule has 64 valence electrons. The van der Waals surface area contributed by atoms with Gasteiger partial charge in [0.1, 0.15) is 9.05 Å². The quantitative estimate of drug-likeness (QED) is 0.249. The Kier molecular flexibility index (Phi) is 19.9. The topological polar surface area (TPSA) is 167 Å². The van der Waals surface area contributed by atoms with Crippen LogP contribution in [0.4, 0.5) is 0 Å². The first-order chi connectivity index (χ1) is 4.00. The molecule has 0 bridgehead atoms. The molecule has 0 rings (SSSR count). The molecule has 0 aromatic carbocycles. The molecule has 0 saturated carbocycles. The van der Waals surface area contributed by atoms with Gasteiger partial charge in [0.15, 0.2) is 0 Å². The largest absolute Gasteiger partial charge is 2.00 e. The van der Waals surface area contributed by atoms with Crippen molar-refractivity contribution in [3.8, 4) is 0 Å². The predicted octanol–water partition coefficient (Wildman–Crippen LogP) is -5.97. The Morgan fingerprint density at radius 3 is 1.00 bits per heavy atom. The maximum absolute atomic E-state index is 8.80. The molecule has 12 heavy (non-hydrogen) atoms. The Labute approximate surface area is 129 Å². The molecule has 0 aromatic heterocycles. The van der Waals surface area contributed by atoms with Crippen LogP contribution in [0.25, 0.3) is 0 Å². The second kappa shape index (κ2) is 9.98. The van der Waals surface area contributed by atoms with Gasteiger partial charge >= 0.3 is 75.5 Å². The van der Waals surface area contributed by atoms with Crippen molar-refractivity contribution in [1.29, 1.82) is 0 Å². The third kappa shape index (κ3) is 272. The Morgan fingerprint density at radius 2 is 1.00 bits per heavy atom. The molecule has 0 atom stereocenters. The maximum atomic E-state index is 8.80. The van der Waals surface area contributed by atoms with E-state index in [-0.39, 0.29) is 75.5 Å². The van der Waals surface area contributed by atoms with Crippen LogP contribution in [0.1, 0.15) is 0 Å². The van der Waals surface area contributed by atoms with E-state index in [0.29, 0.717) is 0 Å². The summed E-state index contributed by atoms with van der Waals surface area (Å²) >= 11 is 0. The normalized spacial score (nSPS) is 9.83. The van der Waals surface area contributed by atoms with E-state index in [9.17, 15) is 0 Å². The fourth-order valence-corrected chi connectivity index (χ4v) is 0. The molecule has 0 aliphatic heterocycles. The van der Waals surface area contributed by atoms with Gasteiger partial charge in [-0.1, -0.05) is 0 Å². The van der Waals surface area contributed by atoms with Gasteiger partial charge in [-0.25, -0.2) is 0 Å². The summed E-state index contributed by atoms with van der Waals surface area (Å²) in [6.45, 7) is 0. The van der Waals surface area contributed by atoms with Gasteiger partial charge in [-0.2, -0.15) is 0 Å². The van der Waals surface area contributed by atoms with E-state index in [1.54, 1.807) is 0 Å². The first-order valence-corrected chi connectivity index (χ1v) is 4.57. The summed E-state index contributed by atoms with van der Waals surface area (Å²) < 4.78 is 34.1. The van der Waals surface area contributed by atoms with Crippen LogP contribution in [0, 0.1) is 0 Å². The van der Waals surface area contributed by atoms with Gasteiger partial charge in [-0.05, 0) is 0 Å². The number of hydrogen-bond donors (Lipinski definition) is 2. The zero-order valence-electron chi connectivity index (χ0n) is 5.67. The standard InChI is InChI=1S/2Ca.H2O4S.H2O4Si/c;;2*1-5(2,3)4/h;;(H2,1,2,3,4);1-2H/q2*+2;;-2/p-2. The minimum absolute atomic E-state index is 0. The third-order valence-corrected chi connectivity index (χ3v) is 0. The van der Waals surface area contributed by atoms with Gasteiger partial charge in [-0.15, -0.1) is 0 Å². The van der Waals surface area contributed by atoms with E-state index in [4.69, 9.17) is 36.7 Å². The van der Waals surface area contributed by atoms with E-state index < -0.39 is 19.4 Å². The van der Waals surface area contributed by atoms with Crippen LogP contribution in [0.3, 0.4) is 0 Å². The molecule has 0 fully saturated rings. The van der Waals surface area contributed by atoms with Gasteiger partial charge in [-0.3, -0.25) is 8.42 Å². The van der Waals surface area contributed by atoms with Crippen LogP contribution in [0.2, 0.25) is 0 Å². The minimum atomic E-state index is -5.17. The molecule has 0 amide bonds. The number of hydrogen-bond acceptors (Lipinski definition) is 8. The molecule has 0 unspecified atom stereocenters. The Hall–Kier alpha value is 2.45. The van der Waals surface area contributed by atoms with Crippen LogP contribution in [-0.2, 0) is 10.4 Å². The second-order valence-corrected chi connectivity index (χ2v) is 2.87. The average molecular weight is 270 g/mol. The van der Waals surface area contributed by atoms with Crippen molar-refractivity contribution < 1.29 is 36.7 Å². The van der Waals surface area contributed by atoms with Crippen molar-refractivity contribution in [2.24, 2.45) is 0 Å². The fourth-order valence-electron chi connectivity index (χ4n) is 0. The van der Waals surface area contributed by atoms with Gasteiger partial charge < -0.3 is 28.3 Å². The van der Waals surface area contributed by atoms with E-state index in [2.05, 4.69) is 0 Å². The smallest absolute Gasteiger partial charge is 0.828 e. The Morgan fingerprint density at radius 1 is 1.00 bits per heavy atom. The molecule has 0 heterocycles. The fraction of sp³-hybridized carbons (Fsp3) is 0. The van der Waals surface area contributed by atoms with Crippen LogP contribution < -0.4 is 9.59 Å². The summed E-state index contributed by atoms with van der Waals surface area (Å²) in [5, 5.41) is 0. The average Bonchev–Trinajstić information content (AvgIpc) is 1.12. The van der Waals surface area contributed by atoms with Crippen LogP contribution in [0.5, 0.6) is 0 Å². The molecule has 0 radical (unpaired) electrons. The van der Waals surface area contributed by atoms with E-state index in [1.807, 2.05) is 0 Å². The first-order valence-electron chi connectivity index (χ1n) is 1.52. The summed E-state index contributed by atoms with van der Waals surface area (Å²) in [5.74, 6) is 0. The zero-order valence-corrected chi connectivity index (χ0v) is 11.9. The summed E-state index contributed by atoms with van der Waals surface area (Å²) in [6.07, 6.45) is 0. The zero-order chi connectivity index (χ0) is 9.00. The SMILES string of the molecule is O=S(=O)([O-])[O-].[Ca+2].[Ca+2].[O-][Si]([O-])(O)O. The van der Waals surface area contributed by atoms with Crippen molar-refractivity contribution in [1.82, 2.24) is 0 Å². The molecule has 8 nitrogen and oxygen atoms in total. The van der Waals surface area contributed by atoms with Gasteiger partial charge in [0.05, 0.1) is 0 Å². The summed E-state index contributed by atoms with van der Waals surface area (Å²) in [4.78, 5) is 31.8. The van der Waals surface area contributed by atoms with E-state index in [1.165, 1.54) is 0 Å². The van der Waals surface area contributed by atoms with Crippen LogP contribution in [0.15, 0.2) is 0 Å². The Balaban J connectivity index is -0.0000000457. The summed E-state index contributed by atoms with van der Waals surface area (Å²) in [5.41, 5.74) is 0. The maximum Gasteiger partial charge on any atom is 2.00 e. The first kappa shape index (κ1) is 23.9. The number of rotatable bonds is 0. The van der Waals surface area contributed by atoms with E-state index >= 15 is 0 Å². The molecule has 12 heteroatoms. The van der Waals surface area contributed by atoms with Crippen molar-refractivity contribution in [3.63, 3.8) is 0 Å². The van der Waals surface area contributed by atoms with Gasteiger partial charge in [0, 0.05) is 10.4 Å². The van der Waals surface area contributed by atoms with Crippen LogP contribution >= 0.6 is 0 Å². The molecular weight excluding hydrogens is 268 g/mol. The van der Waals surface area contributed by atoms with Gasteiger partial charge in [0.25, 0.3) is 0 Å². The second-order valence-electron chi connectivity index (χ2n) is 0.957. The minimum Gasteiger partial charge on any atom is -0.828 e. The summed E-state index contributed by atoms with van der Waals surface area (Å²) in [6, 6.07) is 0. The van der Waals surface area contributed by atoms with Crippen LogP contribution in [-0.4, -0.2) is 112 Å². The monoisotopic (exact) mass is 270 g/mol. The van der Waals surface area contributed by atoms with Crippen molar-refractivity contribution in [3.05, 3.63) is 0 Å². The Bertz CT molecular complexity index is 152. The molecule has 2 N–H and O–H groups in total. The van der Waals surface area contributed by atoms with Crippen molar-refractivity contribution in [2.45, 2.75) is 0 Å². The van der Waals surface area contributed by atoms with Crippen molar-refractivity contribution >= 4 is 94.9 Å². The van der Waals surface area contributed by atoms with Crippen molar-refractivity contribution in [2.75, 3.05) is 0 Å². The predicted molar refractivity (Wildman–Crippen MR) is 32.2 cm³/mol. The molecule has 0 spiro atoms. The molecule has 0 aliphatic carbocycles. The van der Waals surface area contributed by atoms with Gasteiger partial charge in [0.2, 0.25) is 0 Å². The summed E-state index contributed by atoms with van der Waals surface area (Å²) in [7, 11) is -10.3. The molecule has 0 aromatic rings. The molecular formula is H2Ca2O8SSi. The van der Waals surface area contributed by atoms with E-state index in [0.717, 1.165) is 0 Å². The molecule has 0 saturated heterocycles. The third-order valence-electron chi connectivity index (χ3n) is 0.